The molecule has 4 rings (SSSR count). The van der Waals surface area contributed by atoms with Crippen molar-refractivity contribution in [3.05, 3.63) is 55.0 Å². The van der Waals surface area contributed by atoms with Gasteiger partial charge in [-0.1, -0.05) is 17.7 Å². The van der Waals surface area contributed by atoms with Gasteiger partial charge in [0.2, 0.25) is 5.76 Å². The van der Waals surface area contributed by atoms with Crippen LogP contribution in [0.25, 0.3) is 17.5 Å². The summed E-state index contributed by atoms with van der Waals surface area (Å²) in [4.78, 5) is 29.6. The molecule has 1 fully saturated rings. The number of aromatic nitrogens is 1. The number of rotatable bonds is 3. The van der Waals surface area contributed by atoms with E-state index in [4.69, 9.17) is 17.0 Å². The average molecular weight is 442 g/mol. The Morgan fingerprint density at radius 3 is 2.40 bits per heavy atom. The van der Waals surface area contributed by atoms with E-state index in [1.54, 1.807) is 4.57 Å². The first-order chi connectivity index (χ1) is 14.4. The molecule has 3 heterocycles. The van der Waals surface area contributed by atoms with Gasteiger partial charge in [0, 0.05) is 25.3 Å². The van der Waals surface area contributed by atoms with Crippen molar-refractivity contribution < 1.29 is 9.53 Å². The number of amides is 1. The van der Waals surface area contributed by atoms with E-state index in [2.05, 4.69) is 36.9 Å². The van der Waals surface area contributed by atoms with E-state index in [1.165, 1.54) is 21.8 Å². The maximum atomic E-state index is 13.3. The number of hydrogen-bond acceptors (Lipinski definition) is 6. The lowest BCUT2D eigenvalue weighted by Gasteiger charge is -2.29. The number of carbonyl (C=O) groups excluding carboxylic acids is 1. The summed E-state index contributed by atoms with van der Waals surface area (Å²) < 4.78 is 8.30. The summed E-state index contributed by atoms with van der Waals surface area (Å²) in [6.07, 6.45) is 4.02. The zero-order valence-corrected chi connectivity index (χ0v) is 19.0. The first-order valence-corrected chi connectivity index (χ1v) is 11.2. The van der Waals surface area contributed by atoms with Crippen molar-refractivity contribution in [1.82, 2.24) is 9.47 Å². The summed E-state index contributed by atoms with van der Waals surface area (Å²) in [5.41, 5.74) is 4.08. The number of nitrogens with zero attached hydrogens (tertiary/aromatic N) is 3. The normalized spacial score (nSPS) is 19.5. The van der Waals surface area contributed by atoms with Crippen LogP contribution in [0.15, 0.2) is 29.1 Å². The van der Waals surface area contributed by atoms with Crippen LogP contribution in [0.3, 0.4) is 0 Å². The van der Waals surface area contributed by atoms with Crippen molar-refractivity contribution in [2.75, 3.05) is 18.0 Å². The van der Waals surface area contributed by atoms with Gasteiger partial charge in [-0.15, -0.1) is 11.3 Å². The third-order valence-corrected chi connectivity index (χ3v) is 6.78. The van der Waals surface area contributed by atoms with Crippen LogP contribution in [0, 0.1) is 6.92 Å². The SMILES string of the molecule is CCN1C(=O)/C(=c2/s/c(=C3\C=Cc4cc(C)ccc4N3CC)c(=O)n2CC)OC1=S. The summed E-state index contributed by atoms with van der Waals surface area (Å²) in [7, 11) is 0. The molecule has 0 radical (unpaired) electrons. The molecule has 2 aliphatic heterocycles. The monoisotopic (exact) mass is 441 g/mol. The number of likely N-dealkylation sites (N-methyl/N-ethyl adjacent to an activating group) is 2. The topological polar surface area (TPSA) is 54.8 Å². The number of anilines is 1. The number of fused-ring (bicyclic) bond motifs is 1. The first-order valence-electron chi connectivity index (χ1n) is 9.99. The predicted molar refractivity (Wildman–Crippen MR) is 125 cm³/mol. The quantitative estimate of drug-likeness (QED) is 0.684. The molecule has 2 aliphatic rings. The van der Waals surface area contributed by atoms with Crippen molar-refractivity contribution in [2.45, 2.75) is 34.2 Å². The highest BCUT2D eigenvalue weighted by atomic mass is 32.1. The van der Waals surface area contributed by atoms with E-state index in [9.17, 15) is 9.59 Å². The number of thiocarbonyl (C=S) groups is 1. The van der Waals surface area contributed by atoms with Gasteiger partial charge < -0.3 is 9.64 Å². The Hall–Kier alpha value is -2.71. The standard InChI is InChI=1S/C22H23N3O3S2/c1-5-23-15-10-8-13(4)12-14(15)9-11-16(23)18-20(27)24(6-2)21(30-18)17-19(26)25(7-3)22(29)28-17/h8-12H,5-7H2,1-4H3/b18-16+,21-17-. The minimum atomic E-state index is -0.296. The number of thiazole rings is 1. The van der Waals surface area contributed by atoms with Crippen molar-refractivity contribution in [2.24, 2.45) is 0 Å². The molecule has 0 unspecified atom stereocenters. The molecule has 0 atom stereocenters. The highest BCUT2D eigenvalue weighted by Crippen LogP contribution is 2.31. The zero-order chi connectivity index (χ0) is 21.6. The number of hydrogen-bond donors (Lipinski definition) is 0. The molecule has 6 nitrogen and oxygen atoms in total. The minimum Gasteiger partial charge on any atom is -0.422 e. The summed E-state index contributed by atoms with van der Waals surface area (Å²) in [6, 6.07) is 6.29. The second kappa shape index (κ2) is 7.85. The van der Waals surface area contributed by atoms with E-state index < -0.39 is 0 Å². The Morgan fingerprint density at radius 1 is 1.03 bits per heavy atom. The van der Waals surface area contributed by atoms with E-state index >= 15 is 0 Å². The smallest absolute Gasteiger partial charge is 0.300 e. The Kier molecular flexibility index (Phi) is 5.38. The second-order valence-electron chi connectivity index (χ2n) is 7.06. The molecule has 8 heteroatoms. The number of carbonyl (C=O) groups is 1. The summed E-state index contributed by atoms with van der Waals surface area (Å²) in [6.45, 7) is 9.42. The lowest BCUT2D eigenvalue weighted by atomic mass is 10.0. The highest BCUT2D eigenvalue weighted by Gasteiger charge is 2.34. The van der Waals surface area contributed by atoms with Crippen molar-refractivity contribution in [3.63, 3.8) is 0 Å². The van der Waals surface area contributed by atoms with Crippen LogP contribution in [0.2, 0.25) is 0 Å². The molecule has 0 spiro atoms. The van der Waals surface area contributed by atoms with Gasteiger partial charge >= 0.3 is 0 Å². The molecule has 1 aromatic carbocycles. The number of ether oxygens (including phenoxy) is 1. The molecule has 30 heavy (non-hydrogen) atoms. The molecule has 0 saturated carbocycles. The minimum absolute atomic E-state index is 0.129. The Morgan fingerprint density at radius 2 is 1.77 bits per heavy atom. The highest BCUT2D eigenvalue weighted by molar-refractivity contribution is 7.80. The van der Waals surface area contributed by atoms with Gasteiger partial charge in [-0.05, 0) is 63.7 Å². The van der Waals surface area contributed by atoms with Crippen molar-refractivity contribution >= 4 is 57.9 Å². The fraction of sp³-hybridized carbons (Fsp3) is 0.318. The Bertz CT molecular complexity index is 1270. The van der Waals surface area contributed by atoms with Gasteiger partial charge in [-0.2, -0.15) is 0 Å². The van der Waals surface area contributed by atoms with E-state index in [-0.39, 0.29) is 22.4 Å². The molecule has 0 N–H and O–H groups in total. The molecular weight excluding hydrogens is 418 g/mol. The molecule has 156 valence electrons. The fourth-order valence-electron chi connectivity index (χ4n) is 3.81. The number of benzene rings is 1. The molecule has 2 aromatic rings. The van der Waals surface area contributed by atoms with E-state index in [0.29, 0.717) is 28.8 Å². The van der Waals surface area contributed by atoms with E-state index in [1.807, 2.05) is 26.0 Å². The van der Waals surface area contributed by atoms with E-state index in [0.717, 1.165) is 16.9 Å². The van der Waals surface area contributed by atoms with Crippen LogP contribution in [-0.2, 0) is 16.1 Å². The number of aryl methyl sites for hydroxylation is 1. The van der Waals surface area contributed by atoms with Gasteiger partial charge in [0.1, 0.15) is 9.20 Å². The zero-order valence-electron chi connectivity index (χ0n) is 17.4. The fourth-order valence-corrected chi connectivity index (χ4v) is 5.32. The van der Waals surface area contributed by atoms with Crippen LogP contribution in [0.1, 0.15) is 31.9 Å². The Labute approximate surface area is 184 Å². The van der Waals surface area contributed by atoms with Crippen LogP contribution in [0.5, 0.6) is 0 Å². The first kappa shape index (κ1) is 20.6. The van der Waals surface area contributed by atoms with Crippen LogP contribution in [-0.4, -0.2) is 33.6 Å². The van der Waals surface area contributed by atoms with Gasteiger partial charge in [-0.3, -0.25) is 19.1 Å². The van der Waals surface area contributed by atoms with Crippen LogP contribution < -0.4 is 19.7 Å². The summed E-state index contributed by atoms with van der Waals surface area (Å²) in [5, 5.41) is 0.132. The summed E-state index contributed by atoms with van der Waals surface area (Å²) in [5.74, 6) is -0.161. The molecular formula is C22H23N3O3S2. The summed E-state index contributed by atoms with van der Waals surface area (Å²) >= 11 is 6.47. The van der Waals surface area contributed by atoms with Crippen molar-refractivity contribution in [1.29, 1.82) is 0 Å². The maximum absolute atomic E-state index is 13.3. The molecule has 1 aromatic heterocycles. The molecule has 0 aliphatic carbocycles. The molecule has 1 saturated heterocycles. The van der Waals surface area contributed by atoms with Gasteiger partial charge in [0.05, 0.1) is 5.70 Å². The second-order valence-corrected chi connectivity index (χ2v) is 8.41. The van der Waals surface area contributed by atoms with Crippen LogP contribution >= 0.6 is 23.6 Å². The average Bonchev–Trinajstić information content (AvgIpc) is 3.21. The third-order valence-electron chi connectivity index (χ3n) is 5.29. The molecule has 1 amide bonds. The molecule has 0 bridgehead atoms. The third kappa shape index (κ3) is 3.11. The Balaban J connectivity index is 2.00. The predicted octanol–water partition coefficient (Wildman–Crippen LogP) is 2.17. The largest absolute Gasteiger partial charge is 0.422 e. The van der Waals surface area contributed by atoms with Crippen molar-refractivity contribution in [3.8, 4) is 0 Å². The van der Waals surface area contributed by atoms with Crippen LogP contribution in [0.4, 0.5) is 5.69 Å². The lowest BCUT2D eigenvalue weighted by Crippen LogP contribution is -2.37. The van der Waals surface area contributed by atoms with Gasteiger partial charge in [-0.25, -0.2) is 0 Å². The lowest BCUT2D eigenvalue weighted by molar-refractivity contribution is -0.120. The maximum Gasteiger partial charge on any atom is 0.300 e. The van der Waals surface area contributed by atoms with Gasteiger partial charge in [0.15, 0.2) is 0 Å². The van der Waals surface area contributed by atoms with Gasteiger partial charge in [0.25, 0.3) is 16.6 Å².